The van der Waals surface area contributed by atoms with Gasteiger partial charge in [0.25, 0.3) is 5.91 Å². The lowest BCUT2D eigenvalue weighted by Gasteiger charge is -2.09. The number of anilines is 1. The fourth-order valence-corrected chi connectivity index (χ4v) is 2.90. The van der Waals surface area contributed by atoms with E-state index in [-0.39, 0.29) is 11.7 Å². The van der Waals surface area contributed by atoms with Gasteiger partial charge in [-0.05, 0) is 37.3 Å². The molecule has 0 fully saturated rings. The number of benzene rings is 1. The Hall–Kier alpha value is -2.87. The average Bonchev–Trinajstić information content (AvgIpc) is 3.24. The molecule has 1 N–H and O–H groups in total. The van der Waals surface area contributed by atoms with Crippen LogP contribution in [0.4, 0.5) is 5.13 Å². The maximum Gasteiger partial charge on any atom is 0.293 e. The molecule has 0 atom stereocenters. The first-order chi connectivity index (χ1) is 12.1. The zero-order valence-corrected chi connectivity index (χ0v) is 14.8. The van der Waals surface area contributed by atoms with Gasteiger partial charge < -0.3 is 13.9 Å². The van der Waals surface area contributed by atoms with Crippen LogP contribution in [0.2, 0.25) is 0 Å². The number of aryl methyl sites for hydroxylation is 1. The third-order valence-corrected chi connectivity index (χ3v) is 4.24. The quantitative estimate of drug-likeness (QED) is 0.727. The molecule has 0 aliphatic carbocycles. The minimum Gasteiger partial charge on any atom is -0.497 e. The SMILES string of the molecule is COc1ccc(OC)c(Cc2ccc(C(=O)Nc3nnc(C)s3)o2)c1. The van der Waals surface area contributed by atoms with Crippen LogP contribution >= 0.6 is 11.3 Å². The highest BCUT2D eigenvalue weighted by Crippen LogP contribution is 2.27. The van der Waals surface area contributed by atoms with E-state index < -0.39 is 0 Å². The molecule has 2 aromatic heterocycles. The molecule has 0 saturated carbocycles. The van der Waals surface area contributed by atoms with Gasteiger partial charge in [0.15, 0.2) is 5.76 Å². The van der Waals surface area contributed by atoms with Crippen molar-refractivity contribution >= 4 is 22.4 Å². The summed E-state index contributed by atoms with van der Waals surface area (Å²) in [4.78, 5) is 12.2. The third kappa shape index (κ3) is 3.97. The Kier molecular flexibility index (Phi) is 4.99. The van der Waals surface area contributed by atoms with Gasteiger partial charge in [0.05, 0.1) is 14.2 Å². The van der Waals surface area contributed by atoms with Crippen LogP contribution in [0.25, 0.3) is 0 Å². The second kappa shape index (κ2) is 7.35. The summed E-state index contributed by atoms with van der Waals surface area (Å²) >= 11 is 1.30. The van der Waals surface area contributed by atoms with E-state index in [0.717, 1.165) is 22.1 Å². The summed E-state index contributed by atoms with van der Waals surface area (Å²) in [6, 6.07) is 8.94. The van der Waals surface area contributed by atoms with Gasteiger partial charge in [-0.15, -0.1) is 10.2 Å². The Labute approximate surface area is 148 Å². The van der Waals surface area contributed by atoms with Gasteiger partial charge in [-0.2, -0.15) is 0 Å². The Morgan fingerprint density at radius 3 is 2.72 bits per heavy atom. The molecular formula is C17H17N3O4S. The van der Waals surface area contributed by atoms with Crippen molar-refractivity contribution in [2.75, 3.05) is 19.5 Å². The van der Waals surface area contributed by atoms with Crippen molar-refractivity contribution in [1.82, 2.24) is 10.2 Å². The molecule has 3 aromatic rings. The van der Waals surface area contributed by atoms with Crippen molar-refractivity contribution in [1.29, 1.82) is 0 Å². The summed E-state index contributed by atoms with van der Waals surface area (Å²) in [5.41, 5.74) is 0.905. The van der Waals surface area contributed by atoms with E-state index in [1.165, 1.54) is 11.3 Å². The third-order valence-electron chi connectivity index (χ3n) is 3.48. The minimum atomic E-state index is -0.361. The molecule has 0 spiro atoms. The second-order valence-corrected chi connectivity index (χ2v) is 6.38. The summed E-state index contributed by atoms with van der Waals surface area (Å²) in [6.45, 7) is 1.82. The van der Waals surface area contributed by atoms with Crippen molar-refractivity contribution < 1.29 is 18.7 Å². The summed E-state index contributed by atoms with van der Waals surface area (Å²) in [7, 11) is 3.21. The lowest BCUT2D eigenvalue weighted by atomic mass is 10.1. The Morgan fingerprint density at radius 1 is 1.20 bits per heavy atom. The van der Waals surface area contributed by atoms with Crippen LogP contribution in [0.5, 0.6) is 11.5 Å². The van der Waals surface area contributed by atoms with Gasteiger partial charge in [-0.25, -0.2) is 0 Å². The van der Waals surface area contributed by atoms with E-state index in [1.54, 1.807) is 26.4 Å². The average molecular weight is 359 g/mol. The van der Waals surface area contributed by atoms with E-state index in [9.17, 15) is 4.79 Å². The van der Waals surface area contributed by atoms with Gasteiger partial charge >= 0.3 is 0 Å². The maximum atomic E-state index is 12.2. The molecule has 0 unspecified atom stereocenters. The fraction of sp³-hybridized carbons (Fsp3) is 0.235. The first-order valence-corrected chi connectivity index (χ1v) is 8.31. The summed E-state index contributed by atoms with van der Waals surface area (Å²) in [5, 5.41) is 11.6. The predicted octanol–water partition coefficient (Wildman–Crippen LogP) is 3.30. The molecule has 130 valence electrons. The highest BCUT2D eigenvalue weighted by atomic mass is 32.1. The van der Waals surface area contributed by atoms with Crippen LogP contribution in [0.3, 0.4) is 0 Å². The Balaban J connectivity index is 1.74. The first-order valence-electron chi connectivity index (χ1n) is 7.50. The van der Waals surface area contributed by atoms with E-state index >= 15 is 0 Å². The van der Waals surface area contributed by atoms with Crippen LogP contribution in [0.1, 0.15) is 26.9 Å². The van der Waals surface area contributed by atoms with E-state index in [1.807, 2.05) is 25.1 Å². The number of hydrogen-bond acceptors (Lipinski definition) is 7. The van der Waals surface area contributed by atoms with E-state index in [4.69, 9.17) is 13.9 Å². The highest BCUT2D eigenvalue weighted by molar-refractivity contribution is 7.15. The predicted molar refractivity (Wildman–Crippen MR) is 93.7 cm³/mol. The van der Waals surface area contributed by atoms with Crippen LogP contribution < -0.4 is 14.8 Å². The van der Waals surface area contributed by atoms with Gasteiger partial charge in [-0.3, -0.25) is 10.1 Å². The standard InChI is InChI=1S/C17H17N3O4S/c1-10-19-20-17(25-10)18-16(21)15-7-5-13(24-15)9-11-8-12(22-2)4-6-14(11)23-3/h4-8H,9H2,1-3H3,(H,18,20,21). The summed E-state index contributed by atoms with van der Waals surface area (Å²) in [6.07, 6.45) is 0.478. The van der Waals surface area contributed by atoms with Crippen LogP contribution in [0.15, 0.2) is 34.7 Å². The zero-order chi connectivity index (χ0) is 17.8. The fourth-order valence-electron chi connectivity index (χ4n) is 2.31. The molecule has 0 bridgehead atoms. The second-order valence-electron chi connectivity index (χ2n) is 5.20. The summed E-state index contributed by atoms with van der Waals surface area (Å²) in [5.74, 6) is 1.95. The molecule has 0 radical (unpaired) electrons. The lowest BCUT2D eigenvalue weighted by Crippen LogP contribution is -2.10. The van der Waals surface area contributed by atoms with Crippen molar-refractivity contribution in [3.63, 3.8) is 0 Å². The number of nitrogens with one attached hydrogen (secondary N) is 1. The number of carbonyl (C=O) groups excluding carboxylic acids is 1. The molecule has 0 saturated heterocycles. The first kappa shape index (κ1) is 17.0. The number of carbonyl (C=O) groups is 1. The Morgan fingerprint density at radius 2 is 2.04 bits per heavy atom. The number of methoxy groups -OCH3 is 2. The van der Waals surface area contributed by atoms with Crippen LogP contribution in [-0.4, -0.2) is 30.3 Å². The smallest absolute Gasteiger partial charge is 0.293 e. The number of nitrogens with zero attached hydrogens (tertiary/aromatic N) is 2. The number of amides is 1. The number of ether oxygens (including phenoxy) is 2. The van der Waals surface area contributed by atoms with Crippen LogP contribution in [-0.2, 0) is 6.42 Å². The van der Waals surface area contributed by atoms with E-state index in [0.29, 0.717) is 17.3 Å². The largest absolute Gasteiger partial charge is 0.497 e. The minimum absolute atomic E-state index is 0.213. The molecule has 7 nitrogen and oxygen atoms in total. The summed E-state index contributed by atoms with van der Waals surface area (Å²) < 4.78 is 16.3. The zero-order valence-electron chi connectivity index (χ0n) is 14.0. The molecule has 3 rings (SSSR count). The molecule has 2 heterocycles. The monoisotopic (exact) mass is 359 g/mol. The number of hydrogen-bond donors (Lipinski definition) is 1. The maximum absolute atomic E-state index is 12.2. The molecule has 8 heteroatoms. The van der Waals surface area contributed by atoms with E-state index in [2.05, 4.69) is 15.5 Å². The normalized spacial score (nSPS) is 10.5. The topological polar surface area (TPSA) is 86.5 Å². The van der Waals surface area contributed by atoms with Gasteiger partial charge in [-0.1, -0.05) is 11.3 Å². The number of furan rings is 1. The van der Waals surface area contributed by atoms with Crippen molar-refractivity contribution in [2.24, 2.45) is 0 Å². The van der Waals surface area contributed by atoms with Crippen molar-refractivity contribution in [3.8, 4) is 11.5 Å². The number of rotatable bonds is 6. The number of aromatic nitrogens is 2. The molecule has 0 aliphatic heterocycles. The highest BCUT2D eigenvalue weighted by Gasteiger charge is 2.15. The van der Waals surface area contributed by atoms with Gasteiger partial charge in [0.1, 0.15) is 22.3 Å². The van der Waals surface area contributed by atoms with Gasteiger partial charge in [0.2, 0.25) is 5.13 Å². The Bertz CT molecular complexity index is 888. The van der Waals surface area contributed by atoms with Crippen LogP contribution in [0, 0.1) is 6.92 Å². The van der Waals surface area contributed by atoms with Crippen molar-refractivity contribution in [2.45, 2.75) is 13.3 Å². The van der Waals surface area contributed by atoms with Gasteiger partial charge in [0, 0.05) is 12.0 Å². The molecular weight excluding hydrogens is 342 g/mol. The molecule has 1 aromatic carbocycles. The van der Waals surface area contributed by atoms with Crippen molar-refractivity contribution in [3.05, 3.63) is 52.4 Å². The molecule has 1 amide bonds. The lowest BCUT2D eigenvalue weighted by molar-refractivity contribution is 0.0995. The molecule has 0 aliphatic rings. The molecule has 25 heavy (non-hydrogen) atoms.